The van der Waals surface area contributed by atoms with E-state index in [2.05, 4.69) is 4.98 Å². The Morgan fingerprint density at radius 3 is 2.55 bits per heavy atom. The van der Waals surface area contributed by atoms with Crippen LogP contribution in [0.2, 0.25) is 5.02 Å². The molecule has 0 N–H and O–H groups in total. The van der Waals surface area contributed by atoms with Gasteiger partial charge in [0.2, 0.25) is 0 Å². The molecular weight excluding hydrogens is 446 g/mol. The Bertz CT molecular complexity index is 1100. The maximum Gasteiger partial charge on any atom is 0.274 e. The van der Waals surface area contributed by atoms with E-state index in [0.29, 0.717) is 46.6 Å². The van der Waals surface area contributed by atoms with Gasteiger partial charge in [0, 0.05) is 37.0 Å². The van der Waals surface area contributed by atoms with E-state index in [4.69, 9.17) is 21.1 Å². The highest BCUT2D eigenvalue weighted by molar-refractivity contribution is 7.20. The zero-order valence-corrected chi connectivity index (χ0v) is 18.6. The molecule has 0 unspecified atom stereocenters. The number of nitrogens with zero attached hydrogens (tertiary/aromatic N) is 2. The molecule has 3 aromatic rings. The number of thiazole rings is 1. The molecule has 5 nitrogen and oxygen atoms in total. The summed E-state index contributed by atoms with van der Waals surface area (Å²) in [5.41, 5.74) is -0.925. The molecule has 2 heterocycles. The van der Waals surface area contributed by atoms with Gasteiger partial charge in [0.05, 0.1) is 4.70 Å². The van der Waals surface area contributed by atoms with Crippen molar-refractivity contribution in [3.8, 4) is 10.9 Å². The summed E-state index contributed by atoms with van der Waals surface area (Å²) in [5.74, 6) is -0.890. The normalized spacial score (nSPS) is 15.3. The highest BCUT2D eigenvalue weighted by atomic mass is 35.5. The van der Waals surface area contributed by atoms with Gasteiger partial charge in [-0.3, -0.25) is 4.79 Å². The van der Waals surface area contributed by atoms with Crippen LogP contribution in [0.5, 0.6) is 10.9 Å². The maximum atomic E-state index is 13.9. The van der Waals surface area contributed by atoms with Crippen molar-refractivity contribution in [3.63, 3.8) is 0 Å². The zero-order valence-electron chi connectivity index (χ0n) is 17.0. The van der Waals surface area contributed by atoms with Crippen LogP contribution < -0.4 is 9.47 Å². The van der Waals surface area contributed by atoms with Gasteiger partial charge in [-0.2, -0.15) is 4.98 Å². The van der Waals surface area contributed by atoms with Crippen LogP contribution in [0.15, 0.2) is 36.4 Å². The number of hydrogen-bond donors (Lipinski definition) is 0. The first-order valence-corrected chi connectivity index (χ1v) is 11.1. The van der Waals surface area contributed by atoms with Gasteiger partial charge in [0.1, 0.15) is 23.2 Å². The van der Waals surface area contributed by atoms with E-state index < -0.39 is 17.2 Å². The number of hydrogen-bond acceptors (Lipinski definition) is 5. The van der Waals surface area contributed by atoms with E-state index in [1.54, 1.807) is 43.0 Å². The molecule has 0 saturated carbocycles. The minimum Gasteiger partial charge on any atom is -0.478 e. The Morgan fingerprint density at radius 1 is 1.19 bits per heavy atom. The Kier molecular flexibility index (Phi) is 6.03. The fourth-order valence-corrected chi connectivity index (χ4v) is 4.57. The third kappa shape index (κ3) is 4.91. The molecule has 9 heteroatoms. The lowest BCUT2D eigenvalue weighted by Crippen LogP contribution is -2.52. The zero-order chi connectivity index (χ0) is 22.2. The molecule has 1 amide bonds. The summed E-state index contributed by atoms with van der Waals surface area (Å²) in [5, 5.41) is 0.898. The molecule has 31 heavy (non-hydrogen) atoms. The van der Waals surface area contributed by atoms with E-state index in [-0.39, 0.29) is 17.5 Å². The van der Waals surface area contributed by atoms with E-state index in [1.165, 1.54) is 6.07 Å². The second-order valence-electron chi connectivity index (χ2n) is 7.89. The number of halogens is 3. The van der Waals surface area contributed by atoms with Gasteiger partial charge in [-0.05, 0) is 44.2 Å². The standard InChI is InChI=1S/C22H21ClF2N2O3S/c1-22(2,30-16-5-3-13(23)4-6-16)20(28)27-9-7-15(8-10-27)29-21-26-19-17(25)11-14(24)12-18(19)31-21/h3-6,11-12,15H,7-10H2,1-2H3. The van der Waals surface area contributed by atoms with E-state index in [0.717, 1.165) is 17.4 Å². The average molecular weight is 467 g/mol. The molecule has 1 aliphatic rings. The molecule has 2 aromatic carbocycles. The largest absolute Gasteiger partial charge is 0.478 e. The topological polar surface area (TPSA) is 51.7 Å². The van der Waals surface area contributed by atoms with Gasteiger partial charge < -0.3 is 14.4 Å². The van der Waals surface area contributed by atoms with Gasteiger partial charge in [-0.15, -0.1) is 0 Å². The first-order valence-electron chi connectivity index (χ1n) is 9.87. The highest BCUT2D eigenvalue weighted by Gasteiger charge is 2.36. The van der Waals surface area contributed by atoms with Crippen molar-refractivity contribution in [2.75, 3.05) is 13.1 Å². The number of likely N-dealkylation sites (tertiary alicyclic amines) is 1. The monoisotopic (exact) mass is 466 g/mol. The van der Waals surface area contributed by atoms with Gasteiger partial charge in [0.25, 0.3) is 11.1 Å². The van der Waals surface area contributed by atoms with Crippen molar-refractivity contribution in [2.24, 2.45) is 0 Å². The Hall–Kier alpha value is -2.45. The fraction of sp³-hybridized carbons (Fsp3) is 0.364. The average Bonchev–Trinajstić information content (AvgIpc) is 3.12. The van der Waals surface area contributed by atoms with E-state index in [1.807, 2.05) is 0 Å². The summed E-state index contributed by atoms with van der Waals surface area (Å²) in [4.78, 5) is 18.9. The summed E-state index contributed by atoms with van der Waals surface area (Å²) >= 11 is 7.00. The van der Waals surface area contributed by atoms with Crippen LogP contribution in [0.1, 0.15) is 26.7 Å². The molecule has 1 aromatic heterocycles. The van der Waals surface area contributed by atoms with Crippen LogP contribution in [0.4, 0.5) is 8.78 Å². The van der Waals surface area contributed by atoms with Gasteiger partial charge in [0.15, 0.2) is 11.4 Å². The molecule has 1 fully saturated rings. The lowest BCUT2D eigenvalue weighted by molar-refractivity contribution is -0.147. The molecule has 164 valence electrons. The minimum atomic E-state index is -1.03. The number of fused-ring (bicyclic) bond motifs is 1. The first kappa shape index (κ1) is 21.8. The quantitative estimate of drug-likeness (QED) is 0.501. The lowest BCUT2D eigenvalue weighted by atomic mass is 10.0. The molecule has 0 bridgehead atoms. The van der Waals surface area contributed by atoms with E-state index in [9.17, 15) is 13.6 Å². The summed E-state index contributed by atoms with van der Waals surface area (Å²) in [7, 11) is 0. The van der Waals surface area contributed by atoms with Crippen LogP contribution in [0.3, 0.4) is 0 Å². The highest BCUT2D eigenvalue weighted by Crippen LogP contribution is 2.32. The number of piperidine rings is 1. The van der Waals surface area contributed by atoms with Crippen molar-refractivity contribution in [1.82, 2.24) is 9.88 Å². The first-order chi connectivity index (χ1) is 14.7. The Morgan fingerprint density at radius 2 is 1.87 bits per heavy atom. The Balaban J connectivity index is 1.35. The third-order valence-electron chi connectivity index (χ3n) is 5.09. The van der Waals surface area contributed by atoms with Gasteiger partial charge >= 0.3 is 0 Å². The van der Waals surface area contributed by atoms with Crippen molar-refractivity contribution >= 4 is 39.1 Å². The molecule has 4 rings (SSSR count). The maximum absolute atomic E-state index is 13.9. The number of rotatable bonds is 5. The van der Waals surface area contributed by atoms with Crippen LogP contribution in [-0.2, 0) is 4.79 Å². The van der Waals surface area contributed by atoms with Crippen molar-refractivity contribution in [1.29, 1.82) is 0 Å². The molecule has 0 atom stereocenters. The number of carbonyl (C=O) groups is 1. The predicted octanol–water partition coefficient (Wildman–Crippen LogP) is 5.46. The third-order valence-corrected chi connectivity index (χ3v) is 6.24. The number of aromatic nitrogens is 1. The number of ether oxygens (including phenoxy) is 2. The van der Waals surface area contributed by atoms with Crippen LogP contribution in [0.25, 0.3) is 10.2 Å². The SMILES string of the molecule is CC(C)(Oc1ccc(Cl)cc1)C(=O)N1CCC(Oc2nc3c(F)cc(F)cc3s2)CC1. The second kappa shape index (κ2) is 8.59. The second-order valence-corrected chi connectivity index (χ2v) is 9.32. The smallest absolute Gasteiger partial charge is 0.274 e. The number of carbonyl (C=O) groups excluding carboxylic acids is 1. The van der Waals surface area contributed by atoms with Crippen molar-refractivity contribution < 1.29 is 23.0 Å². The molecule has 0 spiro atoms. The Labute approximate surface area is 187 Å². The fourth-order valence-electron chi connectivity index (χ4n) is 3.53. The summed E-state index contributed by atoms with van der Waals surface area (Å²) in [6, 6.07) is 8.93. The molecule has 1 aliphatic heterocycles. The molecular formula is C22H21ClF2N2O3S. The van der Waals surface area contributed by atoms with Crippen LogP contribution in [-0.4, -0.2) is 40.6 Å². The van der Waals surface area contributed by atoms with E-state index >= 15 is 0 Å². The minimum absolute atomic E-state index is 0.107. The van der Waals surface area contributed by atoms with Crippen LogP contribution >= 0.6 is 22.9 Å². The molecule has 0 aliphatic carbocycles. The lowest BCUT2D eigenvalue weighted by Gasteiger charge is -2.36. The molecule has 0 radical (unpaired) electrons. The summed E-state index contributed by atoms with van der Waals surface area (Å²) in [6.45, 7) is 4.48. The van der Waals surface area contributed by atoms with Crippen LogP contribution in [0, 0.1) is 11.6 Å². The number of amides is 1. The van der Waals surface area contributed by atoms with Crippen molar-refractivity contribution in [2.45, 2.75) is 38.4 Å². The number of benzene rings is 2. The van der Waals surface area contributed by atoms with Crippen molar-refractivity contribution in [3.05, 3.63) is 53.1 Å². The predicted molar refractivity (Wildman–Crippen MR) is 116 cm³/mol. The van der Waals surface area contributed by atoms with Gasteiger partial charge in [-0.25, -0.2) is 8.78 Å². The van der Waals surface area contributed by atoms with Gasteiger partial charge in [-0.1, -0.05) is 22.9 Å². The summed E-state index contributed by atoms with van der Waals surface area (Å²) < 4.78 is 39.4. The molecule has 1 saturated heterocycles. The summed E-state index contributed by atoms with van der Waals surface area (Å²) in [6.07, 6.45) is 1.06.